The van der Waals surface area contributed by atoms with E-state index < -0.39 is 5.97 Å². The maximum absolute atomic E-state index is 12.3. The molecule has 1 amide bonds. The van der Waals surface area contributed by atoms with Crippen LogP contribution in [0.3, 0.4) is 0 Å². The Balaban J connectivity index is 0. The molecule has 0 aromatic carbocycles. The van der Waals surface area contributed by atoms with Crippen LogP contribution in [0.2, 0.25) is 0 Å². The van der Waals surface area contributed by atoms with Gasteiger partial charge in [0.25, 0.3) is 0 Å². The van der Waals surface area contributed by atoms with Crippen molar-refractivity contribution in [3.63, 3.8) is 0 Å². The van der Waals surface area contributed by atoms with Gasteiger partial charge in [-0.25, -0.2) is 0 Å². The molecule has 0 aliphatic carbocycles. The number of carbonyl (C=O) groups excluding carboxylic acids is 1. The molecule has 0 aliphatic rings. The third kappa shape index (κ3) is 24.1. The van der Waals surface area contributed by atoms with Crippen molar-refractivity contribution in [1.29, 1.82) is 0 Å². The van der Waals surface area contributed by atoms with Gasteiger partial charge in [-0.05, 0) is 32.1 Å². The van der Waals surface area contributed by atoms with Gasteiger partial charge in [-0.1, -0.05) is 70.4 Å². The third-order valence-electron chi connectivity index (χ3n) is 5.21. The number of amides is 1. The van der Waals surface area contributed by atoms with Gasteiger partial charge in [-0.3, -0.25) is 9.59 Å². The Hall–Kier alpha value is -0.400. The molecule has 0 bridgehead atoms. The molecular weight excluding hydrogens is 403 g/mol. The van der Waals surface area contributed by atoms with Crippen molar-refractivity contribution in [2.45, 2.75) is 96.8 Å². The minimum absolute atomic E-state index is 0. The molecule has 7 heteroatoms. The number of hydrogen-bond acceptors (Lipinski definition) is 4. The van der Waals surface area contributed by atoms with E-state index in [1.54, 1.807) is 4.90 Å². The molecular formula is C24H46N2NaO4. The monoisotopic (exact) mass is 449 g/mol. The zero-order chi connectivity index (χ0) is 22.3. The second-order valence-electron chi connectivity index (χ2n) is 8.01. The summed E-state index contributed by atoms with van der Waals surface area (Å²) < 4.78 is 0. The van der Waals surface area contributed by atoms with Gasteiger partial charge < -0.3 is 20.4 Å². The molecule has 1 radical (unpaired) electrons. The molecule has 0 fully saturated rings. The minimum atomic E-state index is -0.914. The number of aliphatic carboxylic acids is 1. The SMILES string of the molecule is CCCCCCCCC=CCCCCCCCC(=O)N(CCO)CCNCC(=O)O.[Na]. The Morgan fingerprint density at radius 1 is 0.839 bits per heavy atom. The summed E-state index contributed by atoms with van der Waals surface area (Å²) in [6.07, 6.45) is 21.1. The average Bonchev–Trinajstić information content (AvgIpc) is 2.72. The summed E-state index contributed by atoms with van der Waals surface area (Å²) in [5.41, 5.74) is 0. The first kappa shape index (κ1) is 32.8. The van der Waals surface area contributed by atoms with Crippen LogP contribution >= 0.6 is 0 Å². The van der Waals surface area contributed by atoms with Crippen molar-refractivity contribution >= 4 is 41.4 Å². The molecule has 3 N–H and O–H groups in total. The number of hydrogen-bond donors (Lipinski definition) is 3. The largest absolute Gasteiger partial charge is 0.480 e. The van der Waals surface area contributed by atoms with Crippen LogP contribution in [0.1, 0.15) is 96.8 Å². The Labute approximate surface area is 212 Å². The Morgan fingerprint density at radius 2 is 1.39 bits per heavy atom. The maximum Gasteiger partial charge on any atom is 0.317 e. The summed E-state index contributed by atoms with van der Waals surface area (Å²) >= 11 is 0. The molecule has 0 saturated carbocycles. The van der Waals surface area contributed by atoms with E-state index in [4.69, 9.17) is 10.2 Å². The predicted molar refractivity (Wildman–Crippen MR) is 129 cm³/mol. The van der Waals surface area contributed by atoms with Crippen LogP contribution in [-0.4, -0.2) is 89.3 Å². The maximum atomic E-state index is 12.3. The first-order valence-electron chi connectivity index (χ1n) is 12.1. The van der Waals surface area contributed by atoms with Crippen molar-refractivity contribution in [1.82, 2.24) is 10.2 Å². The molecule has 0 heterocycles. The van der Waals surface area contributed by atoms with Gasteiger partial charge in [0, 0.05) is 55.6 Å². The van der Waals surface area contributed by atoms with E-state index in [1.807, 2.05) is 0 Å². The first-order chi connectivity index (χ1) is 14.6. The van der Waals surface area contributed by atoms with Gasteiger partial charge in [-0.2, -0.15) is 0 Å². The third-order valence-corrected chi connectivity index (χ3v) is 5.21. The summed E-state index contributed by atoms with van der Waals surface area (Å²) in [4.78, 5) is 24.4. The number of aliphatic hydroxyl groups excluding tert-OH is 1. The van der Waals surface area contributed by atoms with E-state index in [2.05, 4.69) is 24.4 Å². The van der Waals surface area contributed by atoms with Crippen molar-refractivity contribution in [3.8, 4) is 0 Å². The number of nitrogens with one attached hydrogen (secondary N) is 1. The van der Waals surface area contributed by atoms with Crippen LogP contribution in [0.15, 0.2) is 12.2 Å². The van der Waals surface area contributed by atoms with E-state index in [9.17, 15) is 9.59 Å². The van der Waals surface area contributed by atoms with Crippen LogP contribution in [0.4, 0.5) is 0 Å². The fourth-order valence-corrected chi connectivity index (χ4v) is 3.40. The fourth-order valence-electron chi connectivity index (χ4n) is 3.40. The number of carboxylic acid groups (broad SMARTS) is 1. The van der Waals surface area contributed by atoms with Crippen LogP contribution in [-0.2, 0) is 9.59 Å². The number of nitrogens with zero attached hydrogens (tertiary/aromatic N) is 1. The first-order valence-corrected chi connectivity index (χ1v) is 12.1. The molecule has 0 rings (SSSR count). The molecule has 0 aliphatic heterocycles. The smallest absolute Gasteiger partial charge is 0.317 e. The molecule has 0 aromatic rings. The van der Waals surface area contributed by atoms with Gasteiger partial charge in [0.2, 0.25) is 5.91 Å². The zero-order valence-electron chi connectivity index (χ0n) is 20.2. The quantitative estimate of drug-likeness (QED) is 0.131. The number of rotatable bonds is 22. The summed E-state index contributed by atoms with van der Waals surface area (Å²) in [6, 6.07) is 0. The summed E-state index contributed by atoms with van der Waals surface area (Å²) in [7, 11) is 0. The molecule has 177 valence electrons. The fraction of sp³-hybridized carbons (Fsp3) is 0.833. The second-order valence-corrected chi connectivity index (χ2v) is 8.01. The van der Waals surface area contributed by atoms with Gasteiger partial charge >= 0.3 is 5.97 Å². The Kier molecular flexibility index (Phi) is 27.3. The van der Waals surface area contributed by atoms with Gasteiger partial charge in [0.15, 0.2) is 0 Å². The van der Waals surface area contributed by atoms with E-state index in [0.29, 0.717) is 26.1 Å². The molecule has 0 atom stereocenters. The van der Waals surface area contributed by atoms with Crippen molar-refractivity contribution in [2.75, 3.05) is 32.8 Å². The number of carboxylic acids is 1. The molecule has 0 unspecified atom stereocenters. The zero-order valence-corrected chi connectivity index (χ0v) is 22.2. The Morgan fingerprint density at radius 3 is 1.94 bits per heavy atom. The topological polar surface area (TPSA) is 89.9 Å². The Bertz CT molecular complexity index is 447. The summed E-state index contributed by atoms with van der Waals surface area (Å²) in [5.74, 6) is -0.873. The molecule has 0 spiro atoms. The minimum Gasteiger partial charge on any atom is -0.480 e. The van der Waals surface area contributed by atoms with Gasteiger partial charge in [-0.15, -0.1) is 0 Å². The van der Waals surface area contributed by atoms with Crippen molar-refractivity contribution < 1.29 is 19.8 Å². The van der Waals surface area contributed by atoms with Crippen LogP contribution in [0.25, 0.3) is 0 Å². The van der Waals surface area contributed by atoms with E-state index in [-0.39, 0.29) is 48.6 Å². The van der Waals surface area contributed by atoms with E-state index in [0.717, 1.165) is 25.7 Å². The number of allylic oxidation sites excluding steroid dienone is 2. The normalized spacial score (nSPS) is 10.9. The number of aliphatic hydroxyl groups is 1. The second kappa shape index (κ2) is 25.9. The molecule has 6 nitrogen and oxygen atoms in total. The predicted octanol–water partition coefficient (Wildman–Crippen LogP) is 4.14. The standard InChI is InChI=1S/C24H46N2O4.Na/c1-2-3-4-5-6-7-8-9-10-11-12-13-14-15-16-17-23(28)26(20-21-27)19-18-25-22-24(29)30;/h9-10,25,27H,2-8,11-22H2,1H3,(H,29,30);. The summed E-state index contributed by atoms with van der Waals surface area (Å²) in [5, 5.41) is 20.5. The van der Waals surface area contributed by atoms with Crippen LogP contribution < -0.4 is 5.32 Å². The van der Waals surface area contributed by atoms with Crippen molar-refractivity contribution in [3.05, 3.63) is 12.2 Å². The van der Waals surface area contributed by atoms with E-state index >= 15 is 0 Å². The van der Waals surface area contributed by atoms with Gasteiger partial charge in [0.1, 0.15) is 0 Å². The van der Waals surface area contributed by atoms with Crippen LogP contribution in [0.5, 0.6) is 0 Å². The summed E-state index contributed by atoms with van der Waals surface area (Å²) in [6.45, 7) is 3.22. The molecule has 0 aromatic heterocycles. The molecule has 31 heavy (non-hydrogen) atoms. The molecule has 0 saturated heterocycles. The number of carbonyl (C=O) groups is 2. The number of unbranched alkanes of at least 4 members (excludes halogenated alkanes) is 11. The van der Waals surface area contributed by atoms with E-state index in [1.165, 1.54) is 57.8 Å². The van der Waals surface area contributed by atoms with Gasteiger partial charge in [0.05, 0.1) is 13.2 Å². The van der Waals surface area contributed by atoms with Crippen LogP contribution in [0, 0.1) is 0 Å². The average molecular weight is 450 g/mol. The van der Waals surface area contributed by atoms with Crippen molar-refractivity contribution in [2.24, 2.45) is 0 Å².